The van der Waals surface area contributed by atoms with Gasteiger partial charge in [0.15, 0.2) is 18.1 Å². The van der Waals surface area contributed by atoms with Crippen molar-refractivity contribution >= 4 is 45.9 Å². The number of anilines is 2. The summed E-state index contributed by atoms with van der Waals surface area (Å²) in [5.74, 6) is -0.597. The Bertz CT molecular complexity index is 1530. The lowest BCUT2D eigenvalue weighted by atomic mass is 10.1. The maximum Gasteiger partial charge on any atom is 0.272 e. The van der Waals surface area contributed by atoms with E-state index < -0.39 is 5.91 Å². The van der Waals surface area contributed by atoms with Crippen molar-refractivity contribution < 1.29 is 23.9 Å². The molecule has 0 spiro atoms. The Morgan fingerprint density at radius 3 is 2.58 bits per heavy atom. The maximum absolute atomic E-state index is 12.9. The van der Waals surface area contributed by atoms with Crippen molar-refractivity contribution in [3.05, 3.63) is 77.4 Å². The summed E-state index contributed by atoms with van der Waals surface area (Å²) >= 11 is 0. The van der Waals surface area contributed by atoms with Crippen LogP contribution in [0.4, 0.5) is 11.4 Å². The first-order valence-electron chi connectivity index (χ1n) is 11.0. The van der Waals surface area contributed by atoms with E-state index in [1.165, 1.54) is 19.4 Å². The van der Waals surface area contributed by atoms with Crippen molar-refractivity contribution in [1.29, 1.82) is 0 Å². The molecule has 36 heavy (non-hydrogen) atoms. The molecule has 1 aliphatic heterocycles. The Labute approximate surface area is 204 Å². The topological polar surface area (TPSA) is 155 Å². The predicted octanol–water partition coefficient (Wildman–Crippen LogP) is 2.67. The van der Waals surface area contributed by atoms with Crippen molar-refractivity contribution in [2.45, 2.75) is 13.5 Å². The molecule has 11 nitrogen and oxygen atoms in total. The summed E-state index contributed by atoms with van der Waals surface area (Å²) in [5.41, 5.74) is 3.41. The van der Waals surface area contributed by atoms with Gasteiger partial charge in [-0.2, -0.15) is 0 Å². The normalized spacial score (nSPS) is 12.3. The highest BCUT2D eigenvalue weighted by Crippen LogP contribution is 2.28. The lowest BCUT2D eigenvalue weighted by Gasteiger charge is -2.18. The molecule has 5 rings (SSSR count). The molecule has 0 saturated heterocycles. The number of carbonyl (C=O) groups is 4. The molecule has 1 aliphatic rings. The van der Waals surface area contributed by atoms with Crippen LogP contribution in [-0.2, 0) is 11.3 Å². The zero-order valence-corrected chi connectivity index (χ0v) is 19.0. The molecule has 180 valence electrons. The molecule has 0 unspecified atom stereocenters. The Morgan fingerprint density at radius 2 is 1.81 bits per heavy atom. The van der Waals surface area contributed by atoms with E-state index in [1.54, 1.807) is 42.5 Å². The minimum Gasteiger partial charge on any atom is -0.482 e. The van der Waals surface area contributed by atoms with Crippen LogP contribution in [-0.4, -0.2) is 45.1 Å². The number of fused-ring (bicyclic) bond motifs is 2. The second-order valence-electron chi connectivity index (χ2n) is 8.09. The average Bonchev–Trinajstić information content (AvgIpc) is 3.29. The van der Waals surface area contributed by atoms with Gasteiger partial charge in [0.1, 0.15) is 17.6 Å². The van der Waals surface area contributed by atoms with Crippen LogP contribution in [0.25, 0.3) is 11.0 Å². The van der Waals surface area contributed by atoms with E-state index in [4.69, 9.17) is 4.74 Å². The Hall–Kier alpha value is -5.06. The van der Waals surface area contributed by atoms with Crippen LogP contribution in [0, 0.1) is 0 Å². The summed E-state index contributed by atoms with van der Waals surface area (Å²) < 4.78 is 5.34. The van der Waals surface area contributed by atoms with E-state index in [0.29, 0.717) is 39.3 Å². The molecule has 0 saturated carbocycles. The molecule has 0 radical (unpaired) electrons. The predicted molar refractivity (Wildman–Crippen MR) is 130 cm³/mol. The highest BCUT2D eigenvalue weighted by molar-refractivity contribution is 6.11. The Morgan fingerprint density at radius 1 is 1.03 bits per heavy atom. The first-order valence-corrected chi connectivity index (χ1v) is 11.0. The fourth-order valence-corrected chi connectivity index (χ4v) is 3.76. The van der Waals surface area contributed by atoms with Crippen molar-refractivity contribution in [3.8, 4) is 5.75 Å². The van der Waals surface area contributed by atoms with Crippen molar-refractivity contribution in [3.63, 3.8) is 0 Å². The molecule has 0 bridgehead atoms. The van der Waals surface area contributed by atoms with Gasteiger partial charge in [-0.05, 0) is 36.8 Å². The molecule has 0 aliphatic carbocycles. The lowest BCUT2D eigenvalue weighted by Crippen LogP contribution is -2.26. The largest absolute Gasteiger partial charge is 0.482 e. The standard InChI is InChI=1S/C25H20N6O5/c1-13(32)15-3-5-16(6-4-15)24(34)31-18-10-26-22-21(18)28-12-29-23(22)25(35)27-9-14-2-7-19-17(8-14)30-20(33)11-36-19/h2-8,10,12,26H,9,11H2,1H3,(H,27,35)(H,30,33)(H,31,34). The molecule has 0 atom stereocenters. The van der Waals surface area contributed by atoms with Crippen LogP contribution in [0.15, 0.2) is 55.0 Å². The number of nitrogens with zero attached hydrogens (tertiary/aromatic N) is 2. The third-order valence-corrected chi connectivity index (χ3v) is 5.61. The fourth-order valence-electron chi connectivity index (χ4n) is 3.76. The summed E-state index contributed by atoms with van der Waals surface area (Å²) in [6.07, 6.45) is 2.78. The first kappa shape index (κ1) is 22.7. The third kappa shape index (κ3) is 4.49. The van der Waals surface area contributed by atoms with Gasteiger partial charge in [-0.15, -0.1) is 0 Å². The number of hydrogen-bond acceptors (Lipinski definition) is 7. The molecular weight excluding hydrogens is 464 g/mol. The summed E-state index contributed by atoms with van der Waals surface area (Å²) in [6, 6.07) is 11.5. The number of carbonyl (C=O) groups excluding carboxylic acids is 4. The van der Waals surface area contributed by atoms with E-state index >= 15 is 0 Å². The highest BCUT2D eigenvalue weighted by Gasteiger charge is 2.19. The summed E-state index contributed by atoms with van der Waals surface area (Å²) in [7, 11) is 0. The van der Waals surface area contributed by atoms with Gasteiger partial charge in [-0.3, -0.25) is 19.2 Å². The van der Waals surface area contributed by atoms with Gasteiger partial charge >= 0.3 is 0 Å². The molecule has 3 amide bonds. The van der Waals surface area contributed by atoms with Gasteiger partial charge in [0, 0.05) is 23.9 Å². The zero-order valence-electron chi connectivity index (χ0n) is 19.0. The molecule has 0 fully saturated rings. The van der Waals surface area contributed by atoms with Crippen molar-refractivity contribution in [2.24, 2.45) is 0 Å². The van der Waals surface area contributed by atoms with E-state index in [0.717, 1.165) is 5.56 Å². The third-order valence-electron chi connectivity index (χ3n) is 5.61. The SMILES string of the molecule is CC(=O)c1ccc(C(=O)Nc2c[nH]c3c(C(=O)NCc4ccc5c(c4)NC(=O)CO5)ncnc23)cc1. The number of benzene rings is 2. The van der Waals surface area contributed by atoms with Crippen LogP contribution in [0.5, 0.6) is 5.75 Å². The minimum atomic E-state index is -0.444. The Kier molecular flexibility index (Phi) is 5.87. The van der Waals surface area contributed by atoms with Gasteiger partial charge in [-0.1, -0.05) is 18.2 Å². The van der Waals surface area contributed by atoms with Gasteiger partial charge in [0.25, 0.3) is 17.7 Å². The molecular formula is C25H20N6O5. The van der Waals surface area contributed by atoms with E-state index in [2.05, 4.69) is 30.9 Å². The Balaban J connectivity index is 1.30. The summed E-state index contributed by atoms with van der Waals surface area (Å²) in [6.45, 7) is 1.61. The van der Waals surface area contributed by atoms with E-state index in [-0.39, 0.29) is 36.4 Å². The average molecular weight is 484 g/mol. The summed E-state index contributed by atoms with van der Waals surface area (Å²) in [4.78, 5) is 59.8. The number of nitrogens with one attached hydrogen (secondary N) is 4. The number of amides is 3. The van der Waals surface area contributed by atoms with Crippen LogP contribution < -0.4 is 20.7 Å². The monoisotopic (exact) mass is 484 g/mol. The van der Waals surface area contributed by atoms with E-state index in [1.807, 2.05) is 0 Å². The second-order valence-corrected chi connectivity index (χ2v) is 8.09. The van der Waals surface area contributed by atoms with E-state index in [9.17, 15) is 19.2 Å². The van der Waals surface area contributed by atoms with Gasteiger partial charge in [0.05, 0.1) is 16.9 Å². The number of hydrogen-bond donors (Lipinski definition) is 4. The number of H-pyrrole nitrogens is 1. The van der Waals surface area contributed by atoms with Gasteiger partial charge < -0.3 is 25.7 Å². The number of ether oxygens (including phenoxy) is 1. The first-order chi connectivity index (χ1) is 17.4. The molecule has 3 heterocycles. The molecule has 11 heteroatoms. The fraction of sp³-hybridized carbons (Fsp3) is 0.120. The number of ketones is 1. The number of Topliss-reactive ketones (excluding diaryl/α,β-unsaturated/α-hetero) is 1. The van der Waals surface area contributed by atoms with Crippen LogP contribution >= 0.6 is 0 Å². The highest BCUT2D eigenvalue weighted by atomic mass is 16.5. The maximum atomic E-state index is 12.9. The zero-order chi connectivity index (χ0) is 25.2. The smallest absolute Gasteiger partial charge is 0.272 e. The number of rotatable bonds is 6. The molecule has 2 aromatic carbocycles. The molecule has 4 N–H and O–H groups in total. The minimum absolute atomic E-state index is 0.0302. The number of aromatic nitrogens is 3. The molecule has 2 aromatic heterocycles. The van der Waals surface area contributed by atoms with Crippen LogP contribution in [0.2, 0.25) is 0 Å². The van der Waals surface area contributed by atoms with Crippen molar-refractivity contribution in [2.75, 3.05) is 17.2 Å². The summed E-state index contributed by atoms with van der Waals surface area (Å²) in [5, 5.41) is 8.29. The number of aromatic amines is 1. The van der Waals surface area contributed by atoms with Gasteiger partial charge in [0.2, 0.25) is 0 Å². The quantitative estimate of drug-likeness (QED) is 0.307. The second kappa shape index (κ2) is 9.29. The van der Waals surface area contributed by atoms with Crippen LogP contribution in [0.1, 0.15) is 43.7 Å². The van der Waals surface area contributed by atoms with Crippen LogP contribution in [0.3, 0.4) is 0 Å². The van der Waals surface area contributed by atoms with Gasteiger partial charge in [-0.25, -0.2) is 9.97 Å². The van der Waals surface area contributed by atoms with Crippen molar-refractivity contribution in [1.82, 2.24) is 20.3 Å². The lowest BCUT2D eigenvalue weighted by molar-refractivity contribution is -0.118. The molecule has 4 aromatic rings.